The lowest BCUT2D eigenvalue weighted by atomic mass is 9.84. The molecule has 0 amide bonds. The molecule has 20 heavy (non-hydrogen) atoms. The third-order valence-corrected chi connectivity index (χ3v) is 4.16. The van der Waals surface area contributed by atoms with Crippen LogP contribution in [0.1, 0.15) is 63.6 Å². The minimum Gasteiger partial charge on any atom is -0.480 e. The topological polar surface area (TPSA) is 47.0 Å². The van der Waals surface area contributed by atoms with E-state index in [1.807, 2.05) is 12.1 Å². The average molecular weight is 277 g/mol. The average Bonchev–Trinajstić information content (AvgIpc) is 2.52. The summed E-state index contributed by atoms with van der Waals surface area (Å²) in [6.07, 6.45) is 9.25. The number of methoxy groups -OCH3 is 1. The molecule has 4 nitrogen and oxygen atoms in total. The second-order valence-corrected chi connectivity index (χ2v) is 5.75. The van der Waals surface area contributed by atoms with Crippen LogP contribution in [0.5, 0.6) is 5.88 Å². The highest BCUT2D eigenvalue weighted by atomic mass is 16.5. The number of aromatic nitrogens is 2. The second kappa shape index (κ2) is 8.20. The van der Waals surface area contributed by atoms with Crippen LogP contribution in [0, 0.1) is 5.92 Å². The third kappa shape index (κ3) is 4.44. The molecule has 1 N–H and O–H groups in total. The summed E-state index contributed by atoms with van der Waals surface area (Å²) in [5, 5.41) is 12.1. The van der Waals surface area contributed by atoms with Gasteiger partial charge in [-0.3, -0.25) is 0 Å². The summed E-state index contributed by atoms with van der Waals surface area (Å²) >= 11 is 0. The molecule has 0 spiro atoms. The number of ether oxygens (including phenoxy) is 1. The first-order chi connectivity index (χ1) is 9.83. The zero-order valence-electron chi connectivity index (χ0n) is 12.8. The van der Waals surface area contributed by atoms with Crippen LogP contribution < -0.4 is 10.1 Å². The first-order valence-corrected chi connectivity index (χ1v) is 7.94. The molecule has 1 aromatic heterocycles. The van der Waals surface area contributed by atoms with Crippen LogP contribution >= 0.6 is 0 Å². The second-order valence-electron chi connectivity index (χ2n) is 5.75. The van der Waals surface area contributed by atoms with Crippen molar-refractivity contribution in [2.24, 2.45) is 5.92 Å². The summed E-state index contributed by atoms with van der Waals surface area (Å²) in [6, 6.07) is 4.28. The lowest BCUT2D eigenvalue weighted by Crippen LogP contribution is -2.26. The fraction of sp³-hybridized carbons (Fsp3) is 0.750. The van der Waals surface area contributed by atoms with Gasteiger partial charge in [-0.15, -0.1) is 5.10 Å². The van der Waals surface area contributed by atoms with E-state index in [1.54, 1.807) is 7.11 Å². The number of hydrogen-bond acceptors (Lipinski definition) is 4. The van der Waals surface area contributed by atoms with Crippen molar-refractivity contribution in [3.05, 3.63) is 17.8 Å². The first-order valence-electron chi connectivity index (χ1n) is 7.94. The molecule has 0 radical (unpaired) electrons. The summed E-state index contributed by atoms with van der Waals surface area (Å²) in [5.41, 5.74) is 1.05. The van der Waals surface area contributed by atoms with Crippen molar-refractivity contribution in [2.75, 3.05) is 13.7 Å². The summed E-state index contributed by atoms with van der Waals surface area (Å²) in [6.45, 7) is 3.23. The Balaban J connectivity index is 2.00. The highest BCUT2D eigenvalue weighted by molar-refractivity contribution is 5.14. The van der Waals surface area contributed by atoms with Crippen LogP contribution in [-0.2, 0) is 0 Å². The van der Waals surface area contributed by atoms with E-state index in [-0.39, 0.29) is 0 Å². The molecular formula is C16H27N3O. The van der Waals surface area contributed by atoms with Crippen LogP contribution in [0.2, 0.25) is 0 Å². The molecule has 1 aliphatic rings. The van der Waals surface area contributed by atoms with E-state index in [4.69, 9.17) is 4.74 Å². The molecule has 1 unspecified atom stereocenters. The number of nitrogens with zero attached hydrogens (tertiary/aromatic N) is 2. The van der Waals surface area contributed by atoms with Crippen molar-refractivity contribution in [1.29, 1.82) is 0 Å². The quantitative estimate of drug-likeness (QED) is 0.828. The van der Waals surface area contributed by atoms with Gasteiger partial charge in [0.1, 0.15) is 0 Å². The lowest BCUT2D eigenvalue weighted by molar-refractivity contribution is 0.296. The molecule has 2 rings (SSSR count). The molecule has 1 saturated carbocycles. The monoisotopic (exact) mass is 277 g/mol. The van der Waals surface area contributed by atoms with E-state index in [1.165, 1.54) is 38.5 Å². The molecule has 1 atom stereocenters. The Bertz CT molecular complexity index is 374. The van der Waals surface area contributed by atoms with Crippen molar-refractivity contribution < 1.29 is 4.74 Å². The summed E-state index contributed by atoms with van der Waals surface area (Å²) in [7, 11) is 1.62. The maximum atomic E-state index is 5.09. The Morgan fingerprint density at radius 2 is 2.05 bits per heavy atom. The summed E-state index contributed by atoms with van der Waals surface area (Å²) in [4.78, 5) is 0. The zero-order chi connectivity index (χ0) is 14.2. The predicted octanol–water partition coefficient (Wildman–Crippen LogP) is 3.50. The van der Waals surface area contributed by atoms with Crippen LogP contribution in [0.25, 0.3) is 0 Å². The molecular weight excluding hydrogens is 250 g/mol. The van der Waals surface area contributed by atoms with Crippen molar-refractivity contribution in [1.82, 2.24) is 15.5 Å². The minimum absolute atomic E-state index is 0.330. The molecule has 1 aliphatic carbocycles. The standard InChI is InChI=1S/C16H27N3O/c1-3-11-17-15(12-13-7-5-4-6-8-13)14-9-10-16(20-2)19-18-14/h9-10,13,15,17H,3-8,11-12H2,1-2H3. The fourth-order valence-electron chi connectivity index (χ4n) is 3.01. The van der Waals surface area contributed by atoms with Gasteiger partial charge in [0.15, 0.2) is 0 Å². The van der Waals surface area contributed by atoms with E-state index < -0.39 is 0 Å². The summed E-state index contributed by atoms with van der Waals surface area (Å²) in [5.74, 6) is 1.42. The highest BCUT2D eigenvalue weighted by Crippen LogP contribution is 2.31. The zero-order valence-corrected chi connectivity index (χ0v) is 12.8. The lowest BCUT2D eigenvalue weighted by Gasteiger charge is -2.26. The molecule has 0 aliphatic heterocycles. The van der Waals surface area contributed by atoms with Crippen LogP contribution in [0.4, 0.5) is 0 Å². The molecule has 0 aromatic carbocycles. The van der Waals surface area contributed by atoms with E-state index in [0.29, 0.717) is 11.9 Å². The fourth-order valence-corrected chi connectivity index (χ4v) is 3.01. The van der Waals surface area contributed by atoms with Crippen molar-refractivity contribution in [2.45, 2.75) is 57.9 Å². The Labute approximate surface area is 122 Å². The molecule has 4 heteroatoms. The smallest absolute Gasteiger partial charge is 0.233 e. The van der Waals surface area contributed by atoms with Gasteiger partial charge < -0.3 is 10.1 Å². The highest BCUT2D eigenvalue weighted by Gasteiger charge is 2.21. The number of hydrogen-bond donors (Lipinski definition) is 1. The van der Waals surface area contributed by atoms with Crippen molar-refractivity contribution in [3.63, 3.8) is 0 Å². The van der Waals surface area contributed by atoms with Gasteiger partial charge in [-0.2, -0.15) is 5.10 Å². The largest absolute Gasteiger partial charge is 0.480 e. The van der Waals surface area contributed by atoms with Gasteiger partial charge in [0, 0.05) is 6.07 Å². The maximum Gasteiger partial charge on any atom is 0.233 e. The van der Waals surface area contributed by atoms with Crippen LogP contribution in [-0.4, -0.2) is 23.9 Å². The maximum absolute atomic E-state index is 5.09. The third-order valence-electron chi connectivity index (χ3n) is 4.16. The Kier molecular flexibility index (Phi) is 6.25. The molecule has 1 aromatic rings. The Morgan fingerprint density at radius 1 is 1.25 bits per heavy atom. The number of nitrogens with one attached hydrogen (secondary N) is 1. The van der Waals surface area contributed by atoms with Gasteiger partial charge in [-0.05, 0) is 31.4 Å². The minimum atomic E-state index is 0.330. The molecule has 1 fully saturated rings. The van der Waals surface area contributed by atoms with Gasteiger partial charge >= 0.3 is 0 Å². The Morgan fingerprint density at radius 3 is 2.65 bits per heavy atom. The van der Waals surface area contributed by atoms with Gasteiger partial charge in [0.25, 0.3) is 0 Å². The normalized spacial score (nSPS) is 17.9. The van der Waals surface area contributed by atoms with Gasteiger partial charge in [0.2, 0.25) is 5.88 Å². The summed E-state index contributed by atoms with van der Waals surface area (Å²) < 4.78 is 5.09. The van der Waals surface area contributed by atoms with Crippen molar-refractivity contribution in [3.8, 4) is 5.88 Å². The molecule has 0 bridgehead atoms. The van der Waals surface area contributed by atoms with Crippen LogP contribution in [0.3, 0.4) is 0 Å². The first kappa shape index (κ1) is 15.2. The molecule has 0 saturated heterocycles. The van der Waals surface area contributed by atoms with E-state index in [2.05, 4.69) is 22.4 Å². The molecule has 1 heterocycles. The number of rotatable bonds is 7. The van der Waals surface area contributed by atoms with E-state index in [9.17, 15) is 0 Å². The van der Waals surface area contributed by atoms with Gasteiger partial charge in [-0.1, -0.05) is 39.0 Å². The van der Waals surface area contributed by atoms with Gasteiger partial charge in [-0.25, -0.2) is 0 Å². The van der Waals surface area contributed by atoms with E-state index in [0.717, 1.165) is 24.6 Å². The SMILES string of the molecule is CCCNC(CC1CCCCC1)c1ccc(OC)nn1. The van der Waals surface area contributed by atoms with Crippen molar-refractivity contribution >= 4 is 0 Å². The van der Waals surface area contributed by atoms with Gasteiger partial charge in [0.05, 0.1) is 18.8 Å². The predicted molar refractivity (Wildman–Crippen MR) is 80.8 cm³/mol. The molecule has 112 valence electrons. The van der Waals surface area contributed by atoms with E-state index >= 15 is 0 Å². The Hall–Kier alpha value is -1.16. The van der Waals surface area contributed by atoms with Crippen LogP contribution in [0.15, 0.2) is 12.1 Å².